The van der Waals surface area contributed by atoms with Gasteiger partial charge in [-0.15, -0.1) is 0 Å². The van der Waals surface area contributed by atoms with E-state index in [4.69, 9.17) is 0 Å². The van der Waals surface area contributed by atoms with Gasteiger partial charge in [-0.25, -0.2) is 4.39 Å². The minimum atomic E-state index is -0.118. The molecule has 1 aromatic carbocycles. The van der Waals surface area contributed by atoms with Crippen molar-refractivity contribution in [2.75, 3.05) is 18.5 Å². The van der Waals surface area contributed by atoms with Gasteiger partial charge in [0, 0.05) is 25.2 Å². The standard InChI is InChI=1S/C11H14FN/c1-3-8-7-13(2)11-5-4-9(12)6-10(8)11/h4-6,8H,3,7H2,1-2H3. The first-order chi connectivity index (χ1) is 6.22. The van der Waals surface area contributed by atoms with Crippen molar-refractivity contribution >= 4 is 5.69 Å². The smallest absolute Gasteiger partial charge is 0.123 e. The molecule has 0 radical (unpaired) electrons. The third-order valence-corrected chi connectivity index (χ3v) is 2.83. The van der Waals surface area contributed by atoms with Crippen molar-refractivity contribution in [2.45, 2.75) is 19.3 Å². The van der Waals surface area contributed by atoms with Crippen LogP contribution in [0.25, 0.3) is 0 Å². The summed E-state index contributed by atoms with van der Waals surface area (Å²) in [7, 11) is 2.06. The highest BCUT2D eigenvalue weighted by molar-refractivity contribution is 5.59. The SMILES string of the molecule is CCC1CN(C)c2ccc(F)cc21. The van der Waals surface area contributed by atoms with Crippen LogP contribution in [0.4, 0.5) is 10.1 Å². The van der Waals surface area contributed by atoms with Crippen LogP contribution >= 0.6 is 0 Å². The quantitative estimate of drug-likeness (QED) is 0.640. The molecule has 0 N–H and O–H groups in total. The number of nitrogens with zero attached hydrogens (tertiary/aromatic N) is 1. The number of hydrogen-bond acceptors (Lipinski definition) is 1. The minimum absolute atomic E-state index is 0.118. The molecule has 2 rings (SSSR count). The second-order valence-electron chi connectivity index (χ2n) is 3.69. The summed E-state index contributed by atoms with van der Waals surface area (Å²) in [6.07, 6.45) is 1.08. The van der Waals surface area contributed by atoms with Gasteiger partial charge in [-0.3, -0.25) is 0 Å². The highest BCUT2D eigenvalue weighted by atomic mass is 19.1. The van der Waals surface area contributed by atoms with Gasteiger partial charge in [-0.2, -0.15) is 0 Å². The molecule has 1 aliphatic heterocycles. The highest BCUT2D eigenvalue weighted by Gasteiger charge is 2.24. The lowest BCUT2D eigenvalue weighted by molar-refractivity contribution is 0.621. The third-order valence-electron chi connectivity index (χ3n) is 2.83. The Kier molecular flexibility index (Phi) is 1.98. The number of fused-ring (bicyclic) bond motifs is 1. The average molecular weight is 179 g/mol. The van der Waals surface area contributed by atoms with Crippen molar-refractivity contribution in [3.8, 4) is 0 Å². The molecule has 0 aromatic heterocycles. The number of benzene rings is 1. The molecule has 0 saturated heterocycles. The van der Waals surface area contributed by atoms with E-state index in [-0.39, 0.29) is 5.82 Å². The van der Waals surface area contributed by atoms with E-state index in [0.29, 0.717) is 5.92 Å². The van der Waals surface area contributed by atoms with Crippen LogP contribution in [-0.4, -0.2) is 13.6 Å². The third kappa shape index (κ3) is 1.30. The van der Waals surface area contributed by atoms with Gasteiger partial charge in [0.1, 0.15) is 5.82 Å². The summed E-state index contributed by atoms with van der Waals surface area (Å²) in [5.41, 5.74) is 2.36. The molecule has 0 spiro atoms. The summed E-state index contributed by atoms with van der Waals surface area (Å²) < 4.78 is 13.0. The fourth-order valence-corrected chi connectivity index (χ4v) is 2.08. The summed E-state index contributed by atoms with van der Waals surface area (Å²) in [5.74, 6) is 0.392. The van der Waals surface area contributed by atoms with E-state index in [0.717, 1.165) is 13.0 Å². The maximum absolute atomic E-state index is 13.0. The normalized spacial score (nSPS) is 20.5. The molecule has 0 bridgehead atoms. The van der Waals surface area contributed by atoms with Gasteiger partial charge in [0.25, 0.3) is 0 Å². The van der Waals surface area contributed by atoms with Gasteiger partial charge in [0.2, 0.25) is 0 Å². The number of rotatable bonds is 1. The van der Waals surface area contributed by atoms with E-state index in [2.05, 4.69) is 18.9 Å². The summed E-state index contributed by atoms with van der Waals surface area (Å²) in [5, 5.41) is 0. The molecule has 70 valence electrons. The first kappa shape index (κ1) is 8.54. The van der Waals surface area contributed by atoms with E-state index in [1.54, 1.807) is 6.07 Å². The molecule has 0 aliphatic carbocycles. The van der Waals surface area contributed by atoms with Crippen molar-refractivity contribution in [1.29, 1.82) is 0 Å². The lowest BCUT2D eigenvalue weighted by Crippen LogP contribution is -2.14. The van der Waals surface area contributed by atoms with Crippen LogP contribution in [0.2, 0.25) is 0 Å². The topological polar surface area (TPSA) is 3.24 Å². The van der Waals surface area contributed by atoms with Crippen LogP contribution in [0.5, 0.6) is 0 Å². The van der Waals surface area contributed by atoms with Crippen molar-refractivity contribution in [3.05, 3.63) is 29.6 Å². The lowest BCUT2D eigenvalue weighted by Gasteiger charge is -2.11. The van der Waals surface area contributed by atoms with Crippen molar-refractivity contribution < 1.29 is 4.39 Å². The molecule has 0 amide bonds. The first-order valence-corrected chi connectivity index (χ1v) is 4.73. The monoisotopic (exact) mass is 179 g/mol. The van der Waals surface area contributed by atoms with Crippen LogP contribution in [0.15, 0.2) is 18.2 Å². The Bertz CT molecular complexity index is 322. The van der Waals surface area contributed by atoms with E-state index in [9.17, 15) is 4.39 Å². The van der Waals surface area contributed by atoms with Crippen LogP contribution in [0, 0.1) is 5.82 Å². The largest absolute Gasteiger partial charge is 0.374 e. The maximum Gasteiger partial charge on any atom is 0.123 e. The summed E-state index contributed by atoms with van der Waals surface area (Å²) in [4.78, 5) is 2.20. The zero-order chi connectivity index (χ0) is 9.42. The number of hydrogen-bond donors (Lipinski definition) is 0. The summed E-state index contributed by atoms with van der Waals surface area (Å²) in [6.45, 7) is 3.17. The second kappa shape index (κ2) is 3.02. The molecule has 1 unspecified atom stereocenters. The molecule has 13 heavy (non-hydrogen) atoms. The predicted molar refractivity (Wildman–Crippen MR) is 52.7 cm³/mol. The molecular weight excluding hydrogens is 165 g/mol. The molecule has 0 fully saturated rings. The van der Waals surface area contributed by atoms with Crippen LogP contribution in [0.1, 0.15) is 24.8 Å². The van der Waals surface area contributed by atoms with Gasteiger partial charge < -0.3 is 4.90 Å². The number of anilines is 1. The Morgan fingerprint density at radius 2 is 2.31 bits per heavy atom. The van der Waals surface area contributed by atoms with Crippen LogP contribution in [-0.2, 0) is 0 Å². The zero-order valence-corrected chi connectivity index (χ0v) is 8.05. The molecular formula is C11H14FN. The second-order valence-corrected chi connectivity index (χ2v) is 3.69. The van der Waals surface area contributed by atoms with E-state index < -0.39 is 0 Å². The molecule has 1 aliphatic rings. The van der Waals surface area contributed by atoms with E-state index in [1.165, 1.54) is 17.3 Å². The molecule has 1 atom stereocenters. The van der Waals surface area contributed by atoms with Crippen molar-refractivity contribution in [3.63, 3.8) is 0 Å². The van der Waals surface area contributed by atoms with Crippen LogP contribution in [0.3, 0.4) is 0 Å². The lowest BCUT2D eigenvalue weighted by atomic mass is 9.99. The zero-order valence-electron chi connectivity index (χ0n) is 8.05. The van der Waals surface area contributed by atoms with Gasteiger partial charge in [-0.1, -0.05) is 6.92 Å². The molecule has 2 heteroatoms. The maximum atomic E-state index is 13.0. The Balaban J connectivity index is 2.46. The Morgan fingerprint density at radius 1 is 1.54 bits per heavy atom. The fourth-order valence-electron chi connectivity index (χ4n) is 2.08. The fraction of sp³-hybridized carbons (Fsp3) is 0.455. The molecule has 0 saturated carbocycles. The number of halogens is 1. The van der Waals surface area contributed by atoms with Gasteiger partial charge in [0.05, 0.1) is 0 Å². The van der Waals surface area contributed by atoms with Crippen molar-refractivity contribution in [1.82, 2.24) is 0 Å². The van der Waals surface area contributed by atoms with E-state index >= 15 is 0 Å². The summed E-state index contributed by atoms with van der Waals surface area (Å²) in [6, 6.07) is 5.08. The Morgan fingerprint density at radius 3 is 3.00 bits per heavy atom. The number of likely N-dealkylation sites (N-methyl/N-ethyl adjacent to an activating group) is 1. The van der Waals surface area contributed by atoms with Crippen LogP contribution < -0.4 is 4.90 Å². The Hall–Kier alpha value is -1.05. The van der Waals surface area contributed by atoms with Crippen molar-refractivity contribution in [2.24, 2.45) is 0 Å². The van der Waals surface area contributed by atoms with Gasteiger partial charge in [-0.05, 0) is 30.2 Å². The minimum Gasteiger partial charge on any atom is -0.374 e. The van der Waals surface area contributed by atoms with E-state index in [1.807, 2.05) is 6.07 Å². The molecule has 1 aromatic rings. The highest BCUT2D eigenvalue weighted by Crippen LogP contribution is 2.37. The van der Waals surface area contributed by atoms with Gasteiger partial charge >= 0.3 is 0 Å². The molecule has 1 heterocycles. The molecule has 1 nitrogen and oxygen atoms in total. The van der Waals surface area contributed by atoms with Gasteiger partial charge in [0.15, 0.2) is 0 Å². The Labute approximate surface area is 78.2 Å². The summed E-state index contributed by atoms with van der Waals surface area (Å²) >= 11 is 0. The first-order valence-electron chi connectivity index (χ1n) is 4.73. The average Bonchev–Trinajstić information content (AvgIpc) is 2.42. The predicted octanol–water partition coefficient (Wildman–Crippen LogP) is 2.77.